The molecule has 1 aromatic rings. The fourth-order valence-corrected chi connectivity index (χ4v) is 4.57. The van der Waals surface area contributed by atoms with Gasteiger partial charge in [-0.1, -0.05) is 37.3 Å². The van der Waals surface area contributed by atoms with Gasteiger partial charge in [0.2, 0.25) is 0 Å². The zero-order valence-electron chi connectivity index (χ0n) is 18.1. The zero-order chi connectivity index (χ0) is 21.0. The van der Waals surface area contributed by atoms with Crippen LogP contribution in [-0.2, 0) is 6.42 Å². The molecule has 1 aliphatic heterocycles. The molecular weight excluding hydrogens is 362 g/mol. The number of hydrogen-bond acceptors (Lipinski definition) is 4. The van der Waals surface area contributed by atoms with E-state index in [2.05, 4.69) is 49.0 Å². The Morgan fingerprint density at radius 1 is 1.34 bits per heavy atom. The molecule has 2 aliphatic rings. The summed E-state index contributed by atoms with van der Waals surface area (Å²) in [5, 5.41) is 21.1. The Morgan fingerprint density at radius 3 is 2.86 bits per heavy atom. The molecule has 1 aliphatic carbocycles. The summed E-state index contributed by atoms with van der Waals surface area (Å²) < 4.78 is 6.34. The maximum Gasteiger partial charge on any atom is 0.126 e. The molecule has 3 rings (SSSR count). The maximum absolute atomic E-state index is 10.6. The van der Waals surface area contributed by atoms with Crippen molar-refractivity contribution >= 4 is 0 Å². The highest BCUT2D eigenvalue weighted by atomic mass is 16.5. The van der Waals surface area contributed by atoms with Crippen LogP contribution in [0.4, 0.5) is 0 Å². The van der Waals surface area contributed by atoms with Crippen molar-refractivity contribution < 1.29 is 14.9 Å². The Kier molecular flexibility index (Phi) is 7.40. The summed E-state index contributed by atoms with van der Waals surface area (Å²) in [6.45, 7) is 4.87. The summed E-state index contributed by atoms with van der Waals surface area (Å²) in [5.74, 6) is 7.13. The lowest BCUT2D eigenvalue weighted by molar-refractivity contribution is 0.134. The van der Waals surface area contributed by atoms with Gasteiger partial charge in [-0.3, -0.25) is 0 Å². The third kappa shape index (κ3) is 5.04. The molecule has 0 aromatic heterocycles. The van der Waals surface area contributed by atoms with Gasteiger partial charge in [0.15, 0.2) is 0 Å². The molecule has 29 heavy (non-hydrogen) atoms. The molecule has 0 unspecified atom stereocenters. The van der Waals surface area contributed by atoms with E-state index in [0.29, 0.717) is 12.8 Å². The van der Waals surface area contributed by atoms with Crippen LogP contribution in [0, 0.1) is 23.7 Å². The van der Waals surface area contributed by atoms with E-state index in [-0.39, 0.29) is 23.9 Å². The van der Waals surface area contributed by atoms with Crippen LogP contribution in [0.2, 0.25) is 0 Å². The average molecular weight is 398 g/mol. The Labute approximate surface area is 175 Å². The summed E-state index contributed by atoms with van der Waals surface area (Å²) in [6.07, 6.45) is 6.28. The van der Waals surface area contributed by atoms with E-state index in [1.54, 1.807) is 0 Å². The predicted molar refractivity (Wildman–Crippen MR) is 117 cm³/mol. The Hall–Kier alpha value is -1.80. The summed E-state index contributed by atoms with van der Waals surface area (Å²) in [6, 6.07) is 6.42. The molecule has 0 spiro atoms. The average Bonchev–Trinajstić information content (AvgIpc) is 3.19. The molecule has 1 aromatic carbocycles. The van der Waals surface area contributed by atoms with E-state index in [9.17, 15) is 10.2 Å². The highest BCUT2D eigenvalue weighted by Gasteiger charge is 2.48. The van der Waals surface area contributed by atoms with Gasteiger partial charge in [0.05, 0.1) is 12.2 Å². The molecular formula is C25H35NO3. The number of hydrogen-bond donors (Lipinski definition) is 2. The van der Waals surface area contributed by atoms with Crippen molar-refractivity contribution in [2.24, 2.45) is 11.8 Å². The molecule has 158 valence electrons. The van der Waals surface area contributed by atoms with Gasteiger partial charge in [0.1, 0.15) is 11.9 Å². The van der Waals surface area contributed by atoms with Crippen molar-refractivity contribution in [3.63, 3.8) is 0 Å². The molecule has 6 atom stereocenters. The molecule has 2 N–H and O–H groups in total. The standard InChI is InChI=1S/C25H35NO3/c1-5-6-9-17(2)21(27)14-13-19-22(28)16-23-24(19)20-12-7-10-18(25(20)29-23)11-8-15-26(3)4/h7,10,12-14,17,19,21-24,27-28H,8-9,11,15-16H2,1-4H3/t17-,19-,21+,22+,23-,24-/m0/s1. The second kappa shape index (κ2) is 9.80. The summed E-state index contributed by atoms with van der Waals surface area (Å²) in [7, 11) is 4.19. The van der Waals surface area contributed by atoms with Gasteiger partial charge in [0.25, 0.3) is 0 Å². The van der Waals surface area contributed by atoms with Crippen LogP contribution in [0.15, 0.2) is 30.4 Å². The van der Waals surface area contributed by atoms with Crippen molar-refractivity contribution in [2.75, 3.05) is 20.6 Å². The third-order valence-electron chi connectivity index (χ3n) is 6.25. The van der Waals surface area contributed by atoms with Gasteiger partial charge in [0, 0.05) is 30.2 Å². The topological polar surface area (TPSA) is 52.9 Å². The van der Waals surface area contributed by atoms with Gasteiger partial charge >= 0.3 is 0 Å². The lowest BCUT2D eigenvalue weighted by atomic mass is 9.86. The van der Waals surface area contributed by atoms with Crippen LogP contribution >= 0.6 is 0 Å². The normalized spacial score (nSPS) is 27.3. The van der Waals surface area contributed by atoms with Crippen LogP contribution in [0.5, 0.6) is 5.75 Å². The predicted octanol–water partition coefficient (Wildman–Crippen LogP) is 3.37. The van der Waals surface area contributed by atoms with E-state index in [1.807, 2.05) is 26.0 Å². The van der Waals surface area contributed by atoms with Crippen LogP contribution in [0.1, 0.15) is 50.2 Å². The molecule has 1 heterocycles. The first kappa shape index (κ1) is 21.9. The summed E-state index contributed by atoms with van der Waals surface area (Å²) in [4.78, 5) is 2.20. The highest BCUT2D eigenvalue weighted by Crippen LogP contribution is 2.52. The fourth-order valence-electron chi connectivity index (χ4n) is 4.57. The van der Waals surface area contributed by atoms with Crippen molar-refractivity contribution in [1.29, 1.82) is 0 Å². The number of para-hydroxylation sites is 1. The molecule has 1 fully saturated rings. The number of fused-ring (bicyclic) bond motifs is 3. The molecule has 4 nitrogen and oxygen atoms in total. The molecule has 1 saturated carbocycles. The highest BCUT2D eigenvalue weighted by molar-refractivity contribution is 5.49. The Morgan fingerprint density at radius 2 is 2.14 bits per heavy atom. The molecule has 0 amide bonds. The number of nitrogens with zero attached hydrogens (tertiary/aromatic N) is 1. The minimum absolute atomic E-state index is 0.0187. The van der Waals surface area contributed by atoms with Crippen molar-refractivity contribution in [1.82, 2.24) is 4.90 Å². The van der Waals surface area contributed by atoms with Gasteiger partial charge in [-0.05, 0) is 51.9 Å². The van der Waals surface area contributed by atoms with Gasteiger partial charge < -0.3 is 19.8 Å². The van der Waals surface area contributed by atoms with E-state index in [0.717, 1.165) is 25.1 Å². The molecule has 4 heteroatoms. The fraction of sp³-hybridized carbons (Fsp3) is 0.600. The maximum atomic E-state index is 10.6. The zero-order valence-corrected chi connectivity index (χ0v) is 18.1. The number of aliphatic hydroxyl groups excluding tert-OH is 2. The lowest BCUT2D eigenvalue weighted by Gasteiger charge is -2.19. The number of aliphatic hydroxyl groups is 2. The second-order valence-electron chi connectivity index (χ2n) is 8.79. The van der Waals surface area contributed by atoms with Crippen LogP contribution in [0.3, 0.4) is 0 Å². The van der Waals surface area contributed by atoms with Crippen molar-refractivity contribution in [3.05, 3.63) is 41.5 Å². The first-order valence-corrected chi connectivity index (χ1v) is 10.8. The molecule has 0 radical (unpaired) electrons. The number of aryl methyl sites for hydroxylation is 1. The van der Waals surface area contributed by atoms with Crippen molar-refractivity contribution in [2.45, 2.75) is 63.8 Å². The first-order chi connectivity index (χ1) is 13.9. The number of ether oxygens (including phenoxy) is 1. The van der Waals surface area contributed by atoms with Crippen molar-refractivity contribution in [3.8, 4) is 17.6 Å². The monoisotopic (exact) mass is 397 g/mol. The Balaban J connectivity index is 1.74. The summed E-state index contributed by atoms with van der Waals surface area (Å²) in [5.41, 5.74) is 2.48. The largest absolute Gasteiger partial charge is 0.489 e. The van der Waals surface area contributed by atoms with E-state index in [4.69, 9.17) is 4.74 Å². The molecule has 0 saturated heterocycles. The third-order valence-corrected chi connectivity index (χ3v) is 6.25. The smallest absolute Gasteiger partial charge is 0.126 e. The first-order valence-electron chi connectivity index (χ1n) is 10.8. The van der Waals surface area contributed by atoms with Crippen LogP contribution < -0.4 is 4.74 Å². The second-order valence-corrected chi connectivity index (χ2v) is 8.79. The Bertz CT molecular complexity index is 776. The van der Waals surface area contributed by atoms with Gasteiger partial charge in [-0.2, -0.15) is 0 Å². The quantitative estimate of drug-likeness (QED) is 0.522. The number of benzene rings is 1. The molecule has 0 bridgehead atoms. The lowest BCUT2D eigenvalue weighted by Crippen LogP contribution is -2.19. The van der Waals surface area contributed by atoms with E-state index >= 15 is 0 Å². The van der Waals surface area contributed by atoms with Crippen LogP contribution in [-0.4, -0.2) is 54.1 Å². The van der Waals surface area contributed by atoms with Gasteiger partial charge in [-0.25, -0.2) is 0 Å². The number of rotatable bonds is 8. The van der Waals surface area contributed by atoms with E-state index < -0.39 is 12.2 Å². The SMILES string of the molecule is CC#CC[C@H](C)[C@H](O)C=C[C@@H]1[C@H]2c3cccc(CCCN(C)C)c3O[C@H]2C[C@H]1O. The minimum Gasteiger partial charge on any atom is -0.489 e. The summed E-state index contributed by atoms with van der Waals surface area (Å²) >= 11 is 0. The van der Waals surface area contributed by atoms with Crippen LogP contribution in [0.25, 0.3) is 0 Å². The van der Waals surface area contributed by atoms with E-state index in [1.165, 1.54) is 11.1 Å². The van der Waals surface area contributed by atoms with Gasteiger partial charge in [-0.15, -0.1) is 11.8 Å². The minimum atomic E-state index is -0.554.